The number of ether oxygens (including phenoxy) is 4. The van der Waals surface area contributed by atoms with E-state index in [1.54, 1.807) is 23.7 Å². The predicted octanol–water partition coefficient (Wildman–Crippen LogP) is 2.78. The van der Waals surface area contributed by atoms with Crippen molar-refractivity contribution in [3.63, 3.8) is 0 Å². The van der Waals surface area contributed by atoms with Gasteiger partial charge in [0.15, 0.2) is 12.1 Å². The molecule has 1 amide bonds. The third kappa shape index (κ3) is 8.35. The van der Waals surface area contributed by atoms with Crippen LogP contribution < -0.4 is 5.32 Å². The van der Waals surface area contributed by atoms with Gasteiger partial charge in [-0.25, -0.2) is 4.68 Å². The molecule has 2 aromatic rings. The molecular weight excluding hydrogens is 540 g/mol. The van der Waals surface area contributed by atoms with Crippen LogP contribution >= 0.6 is 0 Å². The van der Waals surface area contributed by atoms with Gasteiger partial charge in [0.1, 0.15) is 24.0 Å². The molecule has 1 aromatic heterocycles. The Hall–Kier alpha value is -1.81. The average molecular weight is 572 g/mol. The molecular formula is C29H32FeN4O5+2. The second-order valence-electron chi connectivity index (χ2n) is 9.65. The summed E-state index contributed by atoms with van der Waals surface area (Å²) in [6, 6.07) is 9.98. The van der Waals surface area contributed by atoms with Crippen molar-refractivity contribution in [3.8, 4) is 0 Å². The van der Waals surface area contributed by atoms with Crippen LogP contribution in [0.4, 0.5) is 0 Å². The number of hydrogen-bond acceptors (Lipinski definition) is 7. The van der Waals surface area contributed by atoms with Crippen molar-refractivity contribution in [2.75, 3.05) is 0 Å². The Morgan fingerprint density at radius 3 is 2.41 bits per heavy atom. The van der Waals surface area contributed by atoms with E-state index >= 15 is 0 Å². The molecule has 2 aliphatic carbocycles. The van der Waals surface area contributed by atoms with Crippen molar-refractivity contribution in [2.24, 2.45) is 0 Å². The molecule has 1 N–H and O–H groups in total. The van der Waals surface area contributed by atoms with Gasteiger partial charge >= 0.3 is 17.1 Å². The summed E-state index contributed by atoms with van der Waals surface area (Å²) in [4.78, 5) is 12.1. The summed E-state index contributed by atoms with van der Waals surface area (Å²) in [5, 5.41) is 11.2. The monoisotopic (exact) mass is 572 g/mol. The van der Waals surface area contributed by atoms with E-state index in [1.165, 1.54) is 0 Å². The molecule has 39 heavy (non-hydrogen) atoms. The molecule has 0 bridgehead atoms. The molecule has 204 valence electrons. The number of carbonyl (C=O) groups excluding carboxylic acids is 1. The zero-order valence-corrected chi connectivity index (χ0v) is 22.9. The molecule has 0 unspecified atom stereocenters. The van der Waals surface area contributed by atoms with Crippen LogP contribution in [0.2, 0.25) is 0 Å². The Bertz CT molecular complexity index is 1020. The number of carbonyl (C=O) groups is 1. The maximum atomic E-state index is 12.1. The van der Waals surface area contributed by atoms with Crippen LogP contribution in [0.15, 0.2) is 36.5 Å². The number of nitrogens with one attached hydrogen (secondary N) is 1. The van der Waals surface area contributed by atoms with Crippen molar-refractivity contribution < 1.29 is 40.8 Å². The summed E-state index contributed by atoms with van der Waals surface area (Å²) in [6.07, 6.45) is 17.5. The number of rotatable bonds is 8. The first-order valence-electron chi connectivity index (χ1n) is 12.7. The zero-order valence-electron chi connectivity index (χ0n) is 21.8. The molecule has 9 nitrogen and oxygen atoms in total. The fourth-order valence-electron chi connectivity index (χ4n) is 4.47. The minimum atomic E-state index is -0.727. The molecule has 4 aliphatic rings. The topological polar surface area (TPSA) is 96.7 Å². The molecule has 6 rings (SSSR count). The normalized spacial score (nSPS) is 27.4. The van der Waals surface area contributed by atoms with Crippen LogP contribution in [-0.4, -0.2) is 51.3 Å². The molecule has 0 spiro atoms. The fraction of sp³-hybridized carbons (Fsp3) is 0.345. The first-order valence-corrected chi connectivity index (χ1v) is 12.7. The smallest absolute Gasteiger partial charge is 0.368 e. The molecule has 3 heterocycles. The van der Waals surface area contributed by atoms with Crippen molar-refractivity contribution >= 4 is 5.91 Å². The number of hydrogen-bond donors (Lipinski definition) is 1. The van der Waals surface area contributed by atoms with E-state index in [2.05, 4.69) is 15.6 Å². The van der Waals surface area contributed by atoms with Gasteiger partial charge in [0.2, 0.25) is 5.91 Å². The molecule has 4 atom stereocenters. The van der Waals surface area contributed by atoms with E-state index < -0.39 is 12.1 Å². The average Bonchev–Trinajstić information content (AvgIpc) is 3.74. The first kappa shape index (κ1) is 30.2. The summed E-state index contributed by atoms with van der Waals surface area (Å²) < 4.78 is 26.1. The van der Waals surface area contributed by atoms with Gasteiger partial charge in [-0.05, 0) is 77.2 Å². The van der Waals surface area contributed by atoms with E-state index in [9.17, 15) is 4.79 Å². The number of amides is 1. The summed E-state index contributed by atoms with van der Waals surface area (Å²) >= 11 is 0. The minimum Gasteiger partial charge on any atom is -0.368 e. The molecule has 2 saturated heterocycles. The van der Waals surface area contributed by atoms with E-state index in [-0.39, 0.29) is 47.8 Å². The van der Waals surface area contributed by atoms with Gasteiger partial charge in [0.25, 0.3) is 0 Å². The number of aromatic nitrogens is 3. The maximum Gasteiger partial charge on any atom is 2.00 e. The third-order valence-corrected chi connectivity index (χ3v) is 6.24. The first-order chi connectivity index (χ1) is 18.5. The second-order valence-corrected chi connectivity index (χ2v) is 9.65. The number of fused-ring (bicyclic) bond motifs is 1. The van der Waals surface area contributed by atoms with E-state index in [0.29, 0.717) is 24.8 Å². The van der Waals surface area contributed by atoms with Crippen molar-refractivity contribution in [1.82, 2.24) is 20.3 Å². The van der Waals surface area contributed by atoms with Gasteiger partial charge in [0, 0.05) is 0 Å². The molecule has 4 fully saturated rings. The third-order valence-electron chi connectivity index (χ3n) is 6.24. The second kappa shape index (κ2) is 14.2. The van der Waals surface area contributed by atoms with Crippen LogP contribution in [0.3, 0.4) is 0 Å². The van der Waals surface area contributed by atoms with Crippen LogP contribution in [0, 0.1) is 63.7 Å². The molecule has 10 heteroatoms. The van der Waals surface area contributed by atoms with Gasteiger partial charge < -0.3 is 24.3 Å². The van der Waals surface area contributed by atoms with E-state index in [0.717, 1.165) is 5.56 Å². The Morgan fingerprint density at radius 2 is 1.72 bits per heavy atom. The molecule has 2 saturated carbocycles. The Kier molecular flexibility index (Phi) is 11.0. The van der Waals surface area contributed by atoms with Gasteiger partial charge in [-0.1, -0.05) is 35.5 Å². The van der Waals surface area contributed by atoms with Crippen LogP contribution in [-0.2, 0) is 60.5 Å². The SMILES string of the molecule is CC1(C)O[C@H]2O[C@H](Cn3cc(CNC(=O)[C]4[CH][CH][CH][CH]4)nn3)[C@H](OCc3ccccc3)[C@H]2O1.[CH]1[CH][CH][CH][CH]1.[Fe+2]. The van der Waals surface area contributed by atoms with Crippen molar-refractivity contribution in [2.45, 2.75) is 63.9 Å². The Labute approximate surface area is 242 Å². The van der Waals surface area contributed by atoms with Crippen LogP contribution in [0.5, 0.6) is 0 Å². The maximum absolute atomic E-state index is 12.1. The van der Waals surface area contributed by atoms with Gasteiger partial charge in [-0.2, -0.15) is 0 Å². The van der Waals surface area contributed by atoms with Crippen LogP contribution in [0.1, 0.15) is 25.1 Å². The van der Waals surface area contributed by atoms with Crippen molar-refractivity contribution in [1.29, 1.82) is 0 Å². The standard InChI is InChI=1S/C24H27N4O5.C5H5.Fe/c1-24(2)32-21-20(30-15-16-8-4-3-5-9-16)19(31-23(21)33-24)14-28-13-18(26-27-28)12-25-22(29)17-10-6-7-11-17;1-2-4-5-3-1;/h3-11,13,19-21,23H,12,14-15H2,1-2H3,(H,25,29);1-5H;/q;;+2/t19-,20+,21-,23-;;/m1../s1. The number of nitrogens with zero attached hydrogens (tertiary/aromatic N) is 3. The van der Waals surface area contributed by atoms with Gasteiger partial charge in [-0.3, -0.25) is 4.79 Å². The van der Waals surface area contributed by atoms with E-state index in [1.807, 2.05) is 89.1 Å². The summed E-state index contributed by atoms with van der Waals surface area (Å²) in [5.74, 6) is -0.253. The Morgan fingerprint density at radius 1 is 1.03 bits per heavy atom. The largest absolute Gasteiger partial charge is 2.00 e. The molecule has 1 aromatic carbocycles. The molecule has 2 aliphatic heterocycles. The van der Waals surface area contributed by atoms with Gasteiger partial charge in [0.05, 0.1) is 31.8 Å². The summed E-state index contributed by atoms with van der Waals surface area (Å²) in [7, 11) is 0. The zero-order chi connectivity index (χ0) is 26.4. The minimum absolute atomic E-state index is 0. The quantitative estimate of drug-likeness (QED) is 0.486. The molecule has 10 radical (unpaired) electrons. The predicted molar refractivity (Wildman–Crippen MR) is 138 cm³/mol. The Balaban J connectivity index is 0.000000530. The number of benzene rings is 1. The fourth-order valence-corrected chi connectivity index (χ4v) is 4.47. The summed E-state index contributed by atoms with van der Waals surface area (Å²) in [5.41, 5.74) is 1.73. The van der Waals surface area contributed by atoms with Gasteiger partial charge in [-0.15, -0.1) is 5.10 Å². The summed E-state index contributed by atoms with van der Waals surface area (Å²) in [6.45, 7) is 4.88. The van der Waals surface area contributed by atoms with Crippen molar-refractivity contribution in [3.05, 3.63) is 111 Å². The van der Waals surface area contributed by atoms with E-state index in [4.69, 9.17) is 18.9 Å². The van der Waals surface area contributed by atoms with Crippen LogP contribution in [0.25, 0.3) is 0 Å².